The van der Waals surface area contributed by atoms with E-state index in [1.165, 1.54) is 0 Å². The lowest BCUT2D eigenvalue weighted by atomic mass is 10.1. The standard InChI is InChI=1S/C19H17ClN2O2/c1-12-3-4-15(9-13(12)2)19(23)21-11-17-10-18(24-22-17)14-5-7-16(20)8-6-14/h3-10H,11H2,1-2H3,(H,21,23). The Kier molecular flexibility index (Phi) is 4.67. The first-order valence-corrected chi connectivity index (χ1v) is 7.98. The summed E-state index contributed by atoms with van der Waals surface area (Å²) in [6, 6.07) is 14.8. The first-order valence-electron chi connectivity index (χ1n) is 7.60. The van der Waals surface area contributed by atoms with Crippen LogP contribution in [0.2, 0.25) is 5.02 Å². The van der Waals surface area contributed by atoms with Crippen LogP contribution in [-0.4, -0.2) is 11.1 Å². The molecular formula is C19H17ClN2O2. The van der Waals surface area contributed by atoms with Crippen molar-refractivity contribution in [2.75, 3.05) is 0 Å². The Morgan fingerprint density at radius 3 is 2.54 bits per heavy atom. The van der Waals surface area contributed by atoms with Crippen LogP contribution in [0.3, 0.4) is 0 Å². The summed E-state index contributed by atoms with van der Waals surface area (Å²) in [5, 5.41) is 7.51. The van der Waals surface area contributed by atoms with E-state index in [2.05, 4.69) is 10.5 Å². The zero-order valence-corrected chi connectivity index (χ0v) is 14.2. The lowest BCUT2D eigenvalue weighted by molar-refractivity contribution is 0.0950. The van der Waals surface area contributed by atoms with Crippen molar-refractivity contribution in [3.63, 3.8) is 0 Å². The van der Waals surface area contributed by atoms with Crippen molar-refractivity contribution >= 4 is 17.5 Å². The molecule has 0 bridgehead atoms. The van der Waals surface area contributed by atoms with E-state index in [0.29, 0.717) is 28.6 Å². The van der Waals surface area contributed by atoms with E-state index in [4.69, 9.17) is 16.1 Å². The molecule has 0 fully saturated rings. The van der Waals surface area contributed by atoms with E-state index in [1.54, 1.807) is 12.1 Å². The summed E-state index contributed by atoms with van der Waals surface area (Å²) in [4.78, 5) is 12.2. The maximum Gasteiger partial charge on any atom is 0.251 e. The Hall–Kier alpha value is -2.59. The maximum atomic E-state index is 12.2. The van der Waals surface area contributed by atoms with Gasteiger partial charge in [-0.3, -0.25) is 4.79 Å². The molecule has 24 heavy (non-hydrogen) atoms. The Morgan fingerprint density at radius 1 is 1.08 bits per heavy atom. The minimum Gasteiger partial charge on any atom is -0.356 e. The Bertz CT molecular complexity index is 869. The SMILES string of the molecule is Cc1ccc(C(=O)NCc2cc(-c3ccc(Cl)cc3)on2)cc1C. The fraction of sp³-hybridized carbons (Fsp3) is 0.158. The first-order chi connectivity index (χ1) is 11.5. The van der Waals surface area contributed by atoms with Gasteiger partial charge in [-0.1, -0.05) is 22.8 Å². The van der Waals surface area contributed by atoms with E-state index < -0.39 is 0 Å². The molecule has 4 nitrogen and oxygen atoms in total. The van der Waals surface area contributed by atoms with Crippen LogP contribution in [0.4, 0.5) is 0 Å². The normalized spacial score (nSPS) is 10.6. The van der Waals surface area contributed by atoms with Crippen LogP contribution < -0.4 is 5.32 Å². The van der Waals surface area contributed by atoms with Crippen molar-refractivity contribution in [3.8, 4) is 11.3 Å². The highest BCUT2D eigenvalue weighted by Crippen LogP contribution is 2.22. The molecule has 1 N–H and O–H groups in total. The second kappa shape index (κ2) is 6.89. The molecule has 122 valence electrons. The number of carbonyl (C=O) groups excluding carboxylic acids is 1. The first kappa shape index (κ1) is 16.3. The molecule has 0 aliphatic carbocycles. The largest absolute Gasteiger partial charge is 0.356 e. The summed E-state index contributed by atoms with van der Waals surface area (Å²) >= 11 is 5.87. The van der Waals surface area contributed by atoms with Crippen LogP contribution in [0.5, 0.6) is 0 Å². The molecule has 0 unspecified atom stereocenters. The lowest BCUT2D eigenvalue weighted by Crippen LogP contribution is -2.23. The summed E-state index contributed by atoms with van der Waals surface area (Å²) in [5.41, 5.74) is 4.44. The van der Waals surface area contributed by atoms with Gasteiger partial charge in [0.05, 0.1) is 6.54 Å². The number of aryl methyl sites for hydroxylation is 2. The van der Waals surface area contributed by atoms with Gasteiger partial charge in [-0.25, -0.2) is 0 Å². The molecule has 0 saturated carbocycles. The number of nitrogens with one attached hydrogen (secondary N) is 1. The van der Waals surface area contributed by atoms with Gasteiger partial charge in [-0.05, 0) is 61.4 Å². The molecule has 1 amide bonds. The zero-order valence-electron chi connectivity index (χ0n) is 13.5. The highest BCUT2D eigenvalue weighted by Gasteiger charge is 2.10. The zero-order chi connectivity index (χ0) is 17.1. The van der Waals surface area contributed by atoms with Crippen molar-refractivity contribution in [1.29, 1.82) is 0 Å². The van der Waals surface area contributed by atoms with Crippen molar-refractivity contribution < 1.29 is 9.32 Å². The molecule has 0 aliphatic heterocycles. The molecular weight excluding hydrogens is 324 g/mol. The second-order valence-electron chi connectivity index (χ2n) is 5.67. The number of nitrogens with zero attached hydrogens (tertiary/aromatic N) is 1. The van der Waals surface area contributed by atoms with Gasteiger partial charge in [-0.2, -0.15) is 0 Å². The van der Waals surface area contributed by atoms with E-state index in [0.717, 1.165) is 16.7 Å². The maximum absolute atomic E-state index is 12.2. The average molecular weight is 341 g/mol. The van der Waals surface area contributed by atoms with Crippen molar-refractivity contribution in [1.82, 2.24) is 10.5 Å². The molecule has 3 rings (SSSR count). The predicted octanol–water partition coefficient (Wildman–Crippen LogP) is 4.54. The number of aromatic nitrogens is 1. The third-order valence-electron chi connectivity index (χ3n) is 3.89. The summed E-state index contributed by atoms with van der Waals surface area (Å²) in [6.45, 7) is 4.32. The molecule has 1 aromatic heterocycles. The molecule has 5 heteroatoms. The quantitative estimate of drug-likeness (QED) is 0.758. The van der Waals surface area contributed by atoms with Crippen molar-refractivity contribution in [3.05, 3.63) is 75.9 Å². The third kappa shape index (κ3) is 3.66. The van der Waals surface area contributed by atoms with Gasteiger partial charge in [0, 0.05) is 22.2 Å². The number of amides is 1. The molecule has 3 aromatic rings. The van der Waals surface area contributed by atoms with Crippen LogP contribution in [0.1, 0.15) is 27.2 Å². The molecule has 2 aromatic carbocycles. The molecule has 0 radical (unpaired) electrons. The van der Waals surface area contributed by atoms with Crippen molar-refractivity contribution in [2.24, 2.45) is 0 Å². The highest BCUT2D eigenvalue weighted by atomic mass is 35.5. The highest BCUT2D eigenvalue weighted by molar-refractivity contribution is 6.30. The average Bonchev–Trinajstić information content (AvgIpc) is 3.05. The smallest absolute Gasteiger partial charge is 0.251 e. The van der Waals surface area contributed by atoms with E-state index >= 15 is 0 Å². The summed E-state index contributed by atoms with van der Waals surface area (Å²) in [6.07, 6.45) is 0. The minimum absolute atomic E-state index is 0.130. The van der Waals surface area contributed by atoms with Gasteiger partial charge in [0.25, 0.3) is 5.91 Å². The second-order valence-corrected chi connectivity index (χ2v) is 6.11. The Balaban J connectivity index is 1.65. The monoisotopic (exact) mass is 340 g/mol. The predicted molar refractivity (Wildman–Crippen MR) is 94.0 cm³/mol. The lowest BCUT2D eigenvalue weighted by Gasteiger charge is -2.05. The van der Waals surface area contributed by atoms with Crippen LogP contribution in [-0.2, 0) is 6.54 Å². The molecule has 0 spiro atoms. The van der Waals surface area contributed by atoms with Gasteiger partial charge in [0.15, 0.2) is 5.76 Å². The topological polar surface area (TPSA) is 55.1 Å². The fourth-order valence-corrected chi connectivity index (χ4v) is 2.43. The summed E-state index contributed by atoms with van der Waals surface area (Å²) < 4.78 is 5.32. The third-order valence-corrected chi connectivity index (χ3v) is 4.14. The number of carbonyl (C=O) groups is 1. The number of hydrogen-bond donors (Lipinski definition) is 1. The number of hydrogen-bond acceptors (Lipinski definition) is 3. The van der Waals surface area contributed by atoms with Crippen molar-refractivity contribution in [2.45, 2.75) is 20.4 Å². The van der Waals surface area contributed by atoms with Gasteiger partial charge in [0.2, 0.25) is 0 Å². The van der Waals surface area contributed by atoms with Gasteiger partial charge in [-0.15, -0.1) is 0 Å². The number of benzene rings is 2. The molecule has 0 atom stereocenters. The van der Waals surface area contributed by atoms with E-state index in [1.807, 2.05) is 50.2 Å². The molecule has 0 aliphatic rings. The summed E-state index contributed by atoms with van der Waals surface area (Å²) in [7, 11) is 0. The Morgan fingerprint density at radius 2 is 1.83 bits per heavy atom. The van der Waals surface area contributed by atoms with E-state index in [-0.39, 0.29) is 5.91 Å². The van der Waals surface area contributed by atoms with Crippen LogP contribution in [0, 0.1) is 13.8 Å². The minimum atomic E-state index is -0.130. The molecule has 0 saturated heterocycles. The summed E-state index contributed by atoms with van der Waals surface area (Å²) in [5.74, 6) is 0.510. The Labute approximate surface area is 145 Å². The van der Waals surface area contributed by atoms with Gasteiger partial charge >= 0.3 is 0 Å². The van der Waals surface area contributed by atoms with Gasteiger partial charge < -0.3 is 9.84 Å². The van der Waals surface area contributed by atoms with Gasteiger partial charge in [0.1, 0.15) is 5.69 Å². The van der Waals surface area contributed by atoms with Crippen LogP contribution >= 0.6 is 11.6 Å². The van der Waals surface area contributed by atoms with E-state index in [9.17, 15) is 4.79 Å². The van der Waals surface area contributed by atoms with Crippen LogP contribution in [0.25, 0.3) is 11.3 Å². The van der Waals surface area contributed by atoms with Crippen LogP contribution in [0.15, 0.2) is 53.1 Å². The fourth-order valence-electron chi connectivity index (χ4n) is 2.30. The number of halogens is 1. The molecule has 1 heterocycles. The number of rotatable bonds is 4.